The maximum atomic E-state index is 12.3. The second-order valence-corrected chi connectivity index (χ2v) is 7.41. The number of amides is 1. The molecule has 0 bridgehead atoms. The number of thioether (sulfide) groups is 1. The van der Waals surface area contributed by atoms with E-state index in [2.05, 4.69) is 21.6 Å². The molecule has 0 saturated heterocycles. The molecule has 0 unspecified atom stereocenters. The Morgan fingerprint density at radius 1 is 1.29 bits per heavy atom. The predicted molar refractivity (Wildman–Crippen MR) is 108 cm³/mol. The lowest BCUT2D eigenvalue weighted by molar-refractivity contribution is -0.383. The van der Waals surface area contributed by atoms with E-state index in [1.807, 2.05) is 26.0 Å². The average molecular weight is 418 g/mol. The van der Waals surface area contributed by atoms with Crippen molar-refractivity contribution in [3.63, 3.8) is 0 Å². The number of halogens is 1. The number of nitrogens with zero attached hydrogens (tertiary/aromatic N) is 4. The van der Waals surface area contributed by atoms with Gasteiger partial charge in [0.1, 0.15) is 12.0 Å². The summed E-state index contributed by atoms with van der Waals surface area (Å²) >= 11 is 6.97. The standard InChI is InChI=1S/C18H16ClN5O3S/c1-11-3-6-15(12(2)7-11)23-10-20-22-18(23)28-9-17(25)21-14-5-4-13(19)8-16(14)24(26)27/h3-8,10H,9H2,1-2H3,(H,21,25). The minimum absolute atomic E-state index is 0.0172. The molecule has 8 nitrogen and oxygen atoms in total. The summed E-state index contributed by atoms with van der Waals surface area (Å²) in [7, 11) is 0. The largest absolute Gasteiger partial charge is 0.320 e. The van der Waals surface area contributed by atoms with Crippen molar-refractivity contribution < 1.29 is 9.72 Å². The monoisotopic (exact) mass is 417 g/mol. The van der Waals surface area contributed by atoms with Gasteiger partial charge in [0.15, 0.2) is 5.16 Å². The number of aryl methyl sites for hydroxylation is 2. The SMILES string of the molecule is Cc1ccc(-n2cnnc2SCC(=O)Nc2ccc(Cl)cc2[N+](=O)[O-])c(C)c1. The number of nitro groups is 1. The number of carbonyl (C=O) groups is 1. The minimum Gasteiger partial charge on any atom is -0.320 e. The Morgan fingerprint density at radius 2 is 2.07 bits per heavy atom. The van der Waals surface area contributed by atoms with Gasteiger partial charge >= 0.3 is 0 Å². The molecule has 3 rings (SSSR count). The smallest absolute Gasteiger partial charge is 0.294 e. The van der Waals surface area contributed by atoms with Crippen LogP contribution in [-0.4, -0.2) is 31.3 Å². The third-order valence-electron chi connectivity index (χ3n) is 3.89. The van der Waals surface area contributed by atoms with Crippen molar-refractivity contribution in [1.82, 2.24) is 14.8 Å². The second-order valence-electron chi connectivity index (χ2n) is 6.03. The second kappa shape index (κ2) is 8.41. The van der Waals surface area contributed by atoms with Crippen LogP contribution in [0, 0.1) is 24.0 Å². The Labute approximate surface area is 170 Å². The van der Waals surface area contributed by atoms with Gasteiger partial charge in [0.2, 0.25) is 5.91 Å². The third kappa shape index (κ3) is 4.49. The molecule has 1 amide bonds. The van der Waals surface area contributed by atoms with Gasteiger partial charge in [0.05, 0.1) is 16.4 Å². The molecule has 1 heterocycles. The van der Waals surface area contributed by atoms with Gasteiger partial charge in [-0.25, -0.2) is 0 Å². The summed E-state index contributed by atoms with van der Waals surface area (Å²) in [6.45, 7) is 4.00. The number of hydrogen-bond donors (Lipinski definition) is 1. The van der Waals surface area contributed by atoms with Crippen LogP contribution < -0.4 is 5.32 Å². The number of anilines is 1. The minimum atomic E-state index is -0.592. The van der Waals surface area contributed by atoms with Crippen LogP contribution in [0.1, 0.15) is 11.1 Å². The summed E-state index contributed by atoms with van der Waals surface area (Å²) in [5, 5.41) is 22.4. The van der Waals surface area contributed by atoms with Crippen LogP contribution in [-0.2, 0) is 4.79 Å². The first kappa shape index (κ1) is 19.8. The lowest BCUT2D eigenvalue weighted by atomic mass is 10.1. The zero-order valence-corrected chi connectivity index (χ0v) is 16.6. The van der Waals surface area contributed by atoms with Crippen LogP contribution in [0.4, 0.5) is 11.4 Å². The summed E-state index contributed by atoms with van der Waals surface area (Å²) in [6, 6.07) is 10.1. The fourth-order valence-electron chi connectivity index (χ4n) is 2.64. The summed E-state index contributed by atoms with van der Waals surface area (Å²) in [5.74, 6) is -0.380. The third-order valence-corrected chi connectivity index (χ3v) is 5.07. The molecule has 0 atom stereocenters. The highest BCUT2D eigenvalue weighted by Crippen LogP contribution is 2.28. The molecule has 28 heavy (non-hydrogen) atoms. The molecule has 0 aliphatic carbocycles. The molecule has 144 valence electrons. The molecular formula is C18H16ClN5O3S. The van der Waals surface area contributed by atoms with Gasteiger partial charge < -0.3 is 5.32 Å². The summed E-state index contributed by atoms with van der Waals surface area (Å²) in [6.07, 6.45) is 1.59. The van der Waals surface area contributed by atoms with Gasteiger partial charge in [0, 0.05) is 11.1 Å². The summed E-state index contributed by atoms with van der Waals surface area (Å²) in [4.78, 5) is 22.8. The van der Waals surface area contributed by atoms with E-state index in [0.29, 0.717) is 5.16 Å². The van der Waals surface area contributed by atoms with Crippen molar-refractivity contribution >= 4 is 40.6 Å². The number of carbonyl (C=O) groups excluding carboxylic acids is 1. The van der Waals surface area contributed by atoms with Crippen molar-refractivity contribution in [3.8, 4) is 5.69 Å². The Kier molecular flexibility index (Phi) is 5.96. The molecule has 1 aromatic heterocycles. The molecule has 0 aliphatic rings. The van der Waals surface area contributed by atoms with E-state index >= 15 is 0 Å². The fraction of sp³-hybridized carbons (Fsp3) is 0.167. The van der Waals surface area contributed by atoms with Crippen LogP contribution in [0.25, 0.3) is 5.69 Å². The number of hydrogen-bond acceptors (Lipinski definition) is 6. The molecule has 0 spiro atoms. The van der Waals surface area contributed by atoms with Crippen LogP contribution in [0.15, 0.2) is 47.9 Å². The average Bonchev–Trinajstić information content (AvgIpc) is 3.09. The molecule has 0 saturated carbocycles. The lowest BCUT2D eigenvalue weighted by Crippen LogP contribution is -2.15. The predicted octanol–water partition coefficient (Wildman–Crippen LogP) is 4.18. The molecule has 0 aliphatic heterocycles. The van der Waals surface area contributed by atoms with Crippen molar-refractivity contribution in [3.05, 3.63) is 69.0 Å². The highest BCUT2D eigenvalue weighted by Gasteiger charge is 2.17. The van der Waals surface area contributed by atoms with Crippen molar-refractivity contribution in [2.24, 2.45) is 0 Å². The molecule has 2 aromatic carbocycles. The van der Waals surface area contributed by atoms with Crippen LogP contribution >= 0.6 is 23.4 Å². The van der Waals surface area contributed by atoms with Gasteiger partial charge in [-0.3, -0.25) is 19.5 Å². The van der Waals surface area contributed by atoms with E-state index in [1.54, 1.807) is 10.9 Å². The van der Waals surface area contributed by atoms with Crippen LogP contribution in [0.2, 0.25) is 5.02 Å². The topological polar surface area (TPSA) is 103 Å². The molecule has 10 heteroatoms. The maximum Gasteiger partial charge on any atom is 0.294 e. The Morgan fingerprint density at radius 3 is 2.79 bits per heavy atom. The van der Waals surface area contributed by atoms with Crippen molar-refractivity contribution in [2.45, 2.75) is 19.0 Å². The zero-order chi connectivity index (χ0) is 20.3. The Balaban J connectivity index is 1.72. The number of benzene rings is 2. The Bertz CT molecular complexity index is 1050. The van der Waals surface area contributed by atoms with E-state index in [1.165, 1.54) is 30.0 Å². The van der Waals surface area contributed by atoms with E-state index in [4.69, 9.17) is 11.6 Å². The molecule has 3 aromatic rings. The molecule has 0 fully saturated rings. The first-order valence-electron chi connectivity index (χ1n) is 8.19. The van der Waals surface area contributed by atoms with Gasteiger partial charge in [-0.1, -0.05) is 41.1 Å². The number of nitro benzene ring substituents is 1. The van der Waals surface area contributed by atoms with Crippen LogP contribution in [0.3, 0.4) is 0 Å². The molecule has 0 radical (unpaired) electrons. The van der Waals surface area contributed by atoms with E-state index < -0.39 is 10.8 Å². The number of aromatic nitrogens is 3. The summed E-state index contributed by atoms with van der Waals surface area (Å²) < 4.78 is 1.80. The first-order valence-corrected chi connectivity index (χ1v) is 9.56. The van der Waals surface area contributed by atoms with Gasteiger partial charge in [-0.05, 0) is 37.6 Å². The lowest BCUT2D eigenvalue weighted by Gasteiger charge is -2.10. The maximum absolute atomic E-state index is 12.3. The van der Waals surface area contributed by atoms with E-state index in [-0.39, 0.29) is 22.2 Å². The highest BCUT2D eigenvalue weighted by molar-refractivity contribution is 7.99. The number of nitrogens with one attached hydrogen (secondary N) is 1. The van der Waals surface area contributed by atoms with Gasteiger partial charge in [0.25, 0.3) is 5.69 Å². The van der Waals surface area contributed by atoms with Crippen molar-refractivity contribution in [1.29, 1.82) is 0 Å². The molecule has 1 N–H and O–H groups in total. The quantitative estimate of drug-likeness (QED) is 0.366. The molecular weight excluding hydrogens is 402 g/mol. The van der Waals surface area contributed by atoms with Crippen molar-refractivity contribution in [2.75, 3.05) is 11.1 Å². The van der Waals surface area contributed by atoms with E-state index in [0.717, 1.165) is 16.8 Å². The zero-order valence-electron chi connectivity index (χ0n) is 15.0. The summed E-state index contributed by atoms with van der Waals surface area (Å²) in [5.41, 5.74) is 2.96. The van der Waals surface area contributed by atoms with Gasteiger partial charge in [-0.15, -0.1) is 10.2 Å². The number of rotatable bonds is 6. The Hall–Kier alpha value is -2.91. The fourth-order valence-corrected chi connectivity index (χ4v) is 3.53. The first-order chi connectivity index (χ1) is 13.3. The van der Waals surface area contributed by atoms with Gasteiger partial charge in [-0.2, -0.15) is 0 Å². The van der Waals surface area contributed by atoms with Crippen LogP contribution in [0.5, 0.6) is 0 Å². The highest BCUT2D eigenvalue weighted by atomic mass is 35.5. The van der Waals surface area contributed by atoms with E-state index in [9.17, 15) is 14.9 Å². The normalized spacial score (nSPS) is 10.7.